The summed E-state index contributed by atoms with van der Waals surface area (Å²) >= 11 is 0. The third kappa shape index (κ3) is 5.78. The molecular formula is C29H33N3O6. The van der Waals surface area contributed by atoms with Crippen LogP contribution in [0.4, 0.5) is 5.69 Å². The Morgan fingerprint density at radius 3 is 2.42 bits per heavy atom. The monoisotopic (exact) mass is 519 g/mol. The zero-order chi connectivity index (χ0) is 27.4. The summed E-state index contributed by atoms with van der Waals surface area (Å²) in [4.78, 5) is 39.9. The Hall–Kier alpha value is -3.98. The number of carbonyl (C=O) groups is 2. The van der Waals surface area contributed by atoms with E-state index in [1.165, 1.54) is 24.8 Å². The van der Waals surface area contributed by atoms with Gasteiger partial charge in [-0.1, -0.05) is 42.5 Å². The highest BCUT2D eigenvalue weighted by Gasteiger charge is 2.42. The average molecular weight is 520 g/mol. The van der Waals surface area contributed by atoms with Crippen LogP contribution in [0.2, 0.25) is 0 Å². The molecule has 1 fully saturated rings. The Kier molecular flexibility index (Phi) is 7.97. The smallest absolute Gasteiger partial charge is 0.337 e. The number of nitrogens with one attached hydrogen (secondary N) is 1. The van der Waals surface area contributed by atoms with Crippen LogP contribution >= 0.6 is 0 Å². The lowest BCUT2D eigenvalue weighted by molar-refractivity contribution is -0.384. The minimum atomic E-state index is -0.879. The second-order valence-corrected chi connectivity index (χ2v) is 10.1. The molecule has 38 heavy (non-hydrogen) atoms. The second-order valence-electron chi connectivity index (χ2n) is 10.1. The van der Waals surface area contributed by atoms with Crippen LogP contribution in [-0.2, 0) is 25.5 Å². The van der Waals surface area contributed by atoms with Crippen LogP contribution in [-0.4, -0.2) is 54.1 Å². The van der Waals surface area contributed by atoms with Crippen molar-refractivity contribution in [3.8, 4) is 0 Å². The number of carbonyl (C=O) groups excluding carboxylic acids is 2. The number of nitrogens with zero attached hydrogens (tertiary/aromatic N) is 2. The predicted octanol–water partition coefficient (Wildman–Crippen LogP) is 4.25. The number of rotatable bonds is 8. The zero-order valence-corrected chi connectivity index (χ0v) is 22.2. The Morgan fingerprint density at radius 1 is 1.08 bits per heavy atom. The Labute approximate surface area is 222 Å². The van der Waals surface area contributed by atoms with Gasteiger partial charge < -0.3 is 14.8 Å². The highest BCUT2D eigenvalue weighted by molar-refractivity contribution is 6.00. The molecule has 0 unspecified atom stereocenters. The van der Waals surface area contributed by atoms with Gasteiger partial charge in [0.25, 0.3) is 5.69 Å². The molecule has 2 aromatic rings. The van der Waals surface area contributed by atoms with Gasteiger partial charge in [0.05, 0.1) is 29.1 Å². The lowest BCUT2D eigenvalue weighted by atomic mass is 9.80. The number of esters is 2. The van der Waals surface area contributed by atoms with Crippen molar-refractivity contribution in [1.29, 1.82) is 0 Å². The zero-order valence-electron chi connectivity index (χ0n) is 22.2. The number of hydrogen-bond acceptors (Lipinski definition) is 8. The number of ether oxygens (including phenoxy) is 2. The van der Waals surface area contributed by atoms with Crippen LogP contribution in [0.25, 0.3) is 0 Å². The summed E-state index contributed by atoms with van der Waals surface area (Å²) in [6.45, 7) is 7.61. The number of likely N-dealkylation sites (tertiary alicyclic amines) is 1. The van der Waals surface area contributed by atoms with Gasteiger partial charge in [-0.2, -0.15) is 0 Å². The van der Waals surface area contributed by atoms with Crippen molar-refractivity contribution in [2.24, 2.45) is 0 Å². The van der Waals surface area contributed by atoms with Gasteiger partial charge in [-0.05, 0) is 38.3 Å². The van der Waals surface area contributed by atoms with Crippen LogP contribution < -0.4 is 5.32 Å². The molecule has 0 saturated carbocycles. The van der Waals surface area contributed by atoms with Crippen LogP contribution in [0.1, 0.15) is 44.2 Å². The van der Waals surface area contributed by atoms with E-state index >= 15 is 0 Å². The fraction of sp³-hybridized carbons (Fsp3) is 0.379. The van der Waals surface area contributed by atoms with Crippen LogP contribution in [0.3, 0.4) is 0 Å². The number of dihydropyridines is 1. The van der Waals surface area contributed by atoms with Gasteiger partial charge in [-0.3, -0.25) is 15.0 Å². The lowest BCUT2D eigenvalue weighted by Gasteiger charge is -2.32. The summed E-state index contributed by atoms with van der Waals surface area (Å²) < 4.78 is 11.2. The highest BCUT2D eigenvalue weighted by atomic mass is 16.6. The Morgan fingerprint density at radius 2 is 1.76 bits per heavy atom. The summed E-state index contributed by atoms with van der Waals surface area (Å²) in [5.74, 6) is -2.06. The van der Waals surface area contributed by atoms with E-state index in [0.717, 1.165) is 19.5 Å². The molecule has 2 aliphatic rings. The van der Waals surface area contributed by atoms with E-state index in [9.17, 15) is 19.7 Å². The van der Waals surface area contributed by atoms with Crippen molar-refractivity contribution >= 4 is 17.6 Å². The van der Waals surface area contributed by atoms with Gasteiger partial charge in [0, 0.05) is 49.6 Å². The molecule has 2 heterocycles. The molecule has 9 nitrogen and oxygen atoms in total. The van der Waals surface area contributed by atoms with Crippen molar-refractivity contribution in [3.05, 3.63) is 98.4 Å². The number of hydrogen-bond donors (Lipinski definition) is 1. The van der Waals surface area contributed by atoms with E-state index in [0.29, 0.717) is 29.9 Å². The standard InChI is InChI=1S/C29H33N3O6/c1-19-24(27(33)37-4)26(22-11-8-12-23(17-22)32(35)36)25(20(2)30-19)28(34)38-29(3)14-16-31(18-29)15-13-21-9-6-5-7-10-21/h5-12,17,26,30H,13-16,18H2,1-4H3/t26-,29+/m0/s1. The number of non-ortho nitro benzene ring substituents is 1. The van der Waals surface area contributed by atoms with Crippen molar-refractivity contribution in [3.63, 3.8) is 0 Å². The van der Waals surface area contributed by atoms with Crippen molar-refractivity contribution in [1.82, 2.24) is 10.2 Å². The van der Waals surface area contributed by atoms with E-state index in [1.54, 1.807) is 26.0 Å². The Balaban J connectivity index is 1.59. The maximum atomic E-state index is 13.8. The first-order valence-electron chi connectivity index (χ1n) is 12.6. The normalized spacial score (nSPS) is 21.7. The molecule has 0 aromatic heterocycles. The van der Waals surface area contributed by atoms with Gasteiger partial charge in [0.15, 0.2) is 0 Å². The second kappa shape index (κ2) is 11.2. The molecule has 2 atom stereocenters. The van der Waals surface area contributed by atoms with Gasteiger partial charge in [0.1, 0.15) is 5.60 Å². The maximum absolute atomic E-state index is 13.8. The van der Waals surface area contributed by atoms with E-state index in [-0.39, 0.29) is 16.8 Å². The van der Waals surface area contributed by atoms with Crippen LogP contribution in [0.5, 0.6) is 0 Å². The molecule has 0 aliphatic carbocycles. The molecule has 0 spiro atoms. The van der Waals surface area contributed by atoms with Crippen LogP contribution in [0.15, 0.2) is 77.1 Å². The van der Waals surface area contributed by atoms with Gasteiger partial charge in [-0.15, -0.1) is 0 Å². The number of nitro benzene ring substituents is 1. The minimum Gasteiger partial charge on any atom is -0.466 e. The highest BCUT2D eigenvalue weighted by Crippen LogP contribution is 2.41. The van der Waals surface area contributed by atoms with E-state index in [1.807, 2.05) is 25.1 Å². The molecule has 200 valence electrons. The number of allylic oxidation sites excluding steroid dienone is 2. The van der Waals surface area contributed by atoms with Gasteiger partial charge in [0.2, 0.25) is 0 Å². The lowest BCUT2D eigenvalue weighted by Crippen LogP contribution is -2.39. The first-order valence-corrected chi connectivity index (χ1v) is 12.6. The first kappa shape index (κ1) is 27.1. The van der Waals surface area contributed by atoms with E-state index in [2.05, 4.69) is 22.3 Å². The summed E-state index contributed by atoms with van der Waals surface area (Å²) in [5, 5.41) is 14.6. The summed E-state index contributed by atoms with van der Waals surface area (Å²) in [7, 11) is 1.26. The van der Waals surface area contributed by atoms with E-state index in [4.69, 9.17) is 9.47 Å². The molecule has 1 N–H and O–H groups in total. The van der Waals surface area contributed by atoms with Crippen molar-refractivity contribution in [2.45, 2.75) is 45.1 Å². The summed E-state index contributed by atoms with van der Waals surface area (Å²) in [5.41, 5.74) is 2.34. The molecule has 1 saturated heterocycles. The molecule has 4 rings (SSSR count). The third-order valence-corrected chi connectivity index (χ3v) is 7.21. The molecule has 2 aliphatic heterocycles. The molecule has 0 amide bonds. The largest absolute Gasteiger partial charge is 0.466 e. The molecule has 0 radical (unpaired) electrons. The van der Waals surface area contributed by atoms with Crippen molar-refractivity contribution in [2.75, 3.05) is 26.7 Å². The quantitative estimate of drug-likeness (QED) is 0.313. The fourth-order valence-corrected chi connectivity index (χ4v) is 5.31. The van der Waals surface area contributed by atoms with Gasteiger partial charge in [-0.25, -0.2) is 9.59 Å². The Bertz CT molecular complexity index is 1300. The van der Waals surface area contributed by atoms with E-state index < -0.39 is 28.4 Å². The molecule has 2 aromatic carbocycles. The molecule has 0 bridgehead atoms. The fourth-order valence-electron chi connectivity index (χ4n) is 5.31. The number of nitro groups is 1. The summed E-state index contributed by atoms with van der Waals surface area (Å²) in [6.07, 6.45) is 1.58. The number of methoxy groups -OCH3 is 1. The first-order chi connectivity index (χ1) is 18.1. The average Bonchev–Trinajstić information content (AvgIpc) is 3.27. The third-order valence-electron chi connectivity index (χ3n) is 7.21. The van der Waals surface area contributed by atoms with Crippen LogP contribution in [0, 0.1) is 10.1 Å². The van der Waals surface area contributed by atoms with Gasteiger partial charge >= 0.3 is 11.9 Å². The predicted molar refractivity (Wildman–Crippen MR) is 142 cm³/mol. The minimum absolute atomic E-state index is 0.134. The number of benzene rings is 2. The molecular weight excluding hydrogens is 486 g/mol. The topological polar surface area (TPSA) is 111 Å². The SMILES string of the molecule is COC(=O)C1=C(C)NC(C)=C(C(=O)O[C@]2(C)CCN(CCc3ccccc3)C2)[C@H]1c1cccc([N+](=O)[O-])c1. The summed E-state index contributed by atoms with van der Waals surface area (Å²) in [6, 6.07) is 16.2. The maximum Gasteiger partial charge on any atom is 0.337 e. The molecule has 9 heteroatoms. The van der Waals surface area contributed by atoms with Crippen molar-refractivity contribution < 1.29 is 24.0 Å².